The number of esters is 1. The average Bonchev–Trinajstić information content (AvgIpc) is 2.52. The molecular formula is C19H28O2. The van der Waals surface area contributed by atoms with Gasteiger partial charge in [-0.3, -0.25) is 4.79 Å². The van der Waals surface area contributed by atoms with Crippen LogP contribution < -0.4 is 0 Å². The minimum Gasteiger partial charge on any atom is -0.466 e. The summed E-state index contributed by atoms with van der Waals surface area (Å²) in [4.78, 5) is 11.3. The SMILES string of the molecule is CCCOC(=O)CCCC/C=C/CCCc1ccccc1. The molecule has 0 amide bonds. The summed E-state index contributed by atoms with van der Waals surface area (Å²) in [5.74, 6) is -0.0521. The second-order valence-electron chi connectivity index (χ2n) is 5.32. The molecular weight excluding hydrogens is 260 g/mol. The van der Waals surface area contributed by atoms with Crippen molar-refractivity contribution in [1.82, 2.24) is 0 Å². The van der Waals surface area contributed by atoms with E-state index in [0.717, 1.165) is 38.5 Å². The van der Waals surface area contributed by atoms with Crippen molar-refractivity contribution < 1.29 is 9.53 Å². The molecule has 1 aromatic carbocycles. The summed E-state index contributed by atoms with van der Waals surface area (Å²) in [6, 6.07) is 10.6. The van der Waals surface area contributed by atoms with Crippen molar-refractivity contribution in [3.05, 3.63) is 48.0 Å². The van der Waals surface area contributed by atoms with Gasteiger partial charge in [0.05, 0.1) is 6.61 Å². The molecule has 2 heteroatoms. The predicted molar refractivity (Wildman–Crippen MR) is 88.2 cm³/mol. The number of unbranched alkanes of at least 4 members (excludes halogenated alkanes) is 3. The second-order valence-corrected chi connectivity index (χ2v) is 5.32. The molecule has 0 unspecified atom stereocenters. The van der Waals surface area contributed by atoms with Crippen LogP contribution in [-0.2, 0) is 16.0 Å². The van der Waals surface area contributed by atoms with E-state index in [2.05, 4.69) is 42.5 Å². The van der Waals surface area contributed by atoms with Crippen LogP contribution in [0.3, 0.4) is 0 Å². The third-order valence-corrected chi connectivity index (χ3v) is 3.31. The van der Waals surface area contributed by atoms with Gasteiger partial charge < -0.3 is 4.74 Å². The van der Waals surface area contributed by atoms with Crippen molar-refractivity contribution in [3.8, 4) is 0 Å². The van der Waals surface area contributed by atoms with E-state index in [4.69, 9.17) is 4.74 Å². The third kappa shape index (κ3) is 9.89. The summed E-state index contributed by atoms with van der Waals surface area (Å²) in [6.45, 7) is 2.57. The fraction of sp³-hybridized carbons (Fsp3) is 0.526. The quantitative estimate of drug-likeness (QED) is 0.322. The molecule has 0 bridgehead atoms. The Morgan fingerprint density at radius 1 is 1.05 bits per heavy atom. The van der Waals surface area contributed by atoms with E-state index in [9.17, 15) is 4.79 Å². The minimum atomic E-state index is -0.0521. The van der Waals surface area contributed by atoms with E-state index < -0.39 is 0 Å². The van der Waals surface area contributed by atoms with Gasteiger partial charge in [0.15, 0.2) is 0 Å². The summed E-state index contributed by atoms with van der Waals surface area (Å²) in [5, 5.41) is 0. The van der Waals surface area contributed by atoms with Crippen LogP contribution in [0, 0.1) is 0 Å². The molecule has 0 aliphatic carbocycles. The van der Waals surface area contributed by atoms with Crippen LogP contribution in [-0.4, -0.2) is 12.6 Å². The standard InChI is InChI=1S/C19H28O2/c1-2-17-21-19(20)16-12-7-5-3-4-6-9-13-18-14-10-8-11-15-18/h3-4,8,10-11,14-15H,2,5-7,9,12-13,16-17H2,1H3/b4-3+. The monoisotopic (exact) mass is 288 g/mol. The molecule has 0 aromatic heterocycles. The number of carbonyl (C=O) groups excluding carboxylic acids is 1. The number of hydrogen-bond donors (Lipinski definition) is 0. The van der Waals surface area contributed by atoms with Crippen molar-refractivity contribution in [1.29, 1.82) is 0 Å². The fourth-order valence-electron chi connectivity index (χ4n) is 2.12. The van der Waals surface area contributed by atoms with Crippen LogP contribution in [0.1, 0.15) is 57.4 Å². The highest BCUT2D eigenvalue weighted by Gasteiger charge is 2.00. The van der Waals surface area contributed by atoms with Crippen LogP contribution in [0.4, 0.5) is 0 Å². The lowest BCUT2D eigenvalue weighted by molar-refractivity contribution is -0.143. The molecule has 0 aliphatic rings. The Hall–Kier alpha value is -1.57. The van der Waals surface area contributed by atoms with Gasteiger partial charge in [-0.2, -0.15) is 0 Å². The summed E-state index contributed by atoms with van der Waals surface area (Å²) in [5.41, 5.74) is 1.41. The highest BCUT2D eigenvalue weighted by Crippen LogP contribution is 2.06. The van der Waals surface area contributed by atoms with E-state index in [-0.39, 0.29) is 5.97 Å². The molecule has 1 aromatic rings. The van der Waals surface area contributed by atoms with Crippen molar-refractivity contribution in [2.24, 2.45) is 0 Å². The van der Waals surface area contributed by atoms with Gasteiger partial charge in [0, 0.05) is 6.42 Å². The summed E-state index contributed by atoms with van der Waals surface area (Å²) in [7, 11) is 0. The van der Waals surface area contributed by atoms with Crippen LogP contribution >= 0.6 is 0 Å². The molecule has 0 N–H and O–H groups in total. The molecule has 0 atom stereocenters. The number of ether oxygens (including phenoxy) is 1. The lowest BCUT2D eigenvalue weighted by Gasteiger charge is -2.01. The predicted octanol–water partition coefficient (Wildman–Crippen LogP) is 5.08. The normalized spacial score (nSPS) is 10.9. The van der Waals surface area contributed by atoms with Crippen molar-refractivity contribution in [2.45, 2.75) is 58.3 Å². The first kappa shape index (κ1) is 17.5. The first-order chi connectivity index (χ1) is 10.3. The molecule has 0 aliphatic heterocycles. The van der Waals surface area contributed by atoms with Gasteiger partial charge in [0.25, 0.3) is 0 Å². The molecule has 0 heterocycles. The van der Waals surface area contributed by atoms with Gasteiger partial charge in [-0.25, -0.2) is 0 Å². The zero-order valence-corrected chi connectivity index (χ0v) is 13.2. The maximum Gasteiger partial charge on any atom is 0.305 e. The smallest absolute Gasteiger partial charge is 0.305 e. The summed E-state index contributed by atoms with van der Waals surface area (Å²) >= 11 is 0. The van der Waals surface area contributed by atoms with Crippen LogP contribution in [0.25, 0.3) is 0 Å². The van der Waals surface area contributed by atoms with Crippen LogP contribution in [0.5, 0.6) is 0 Å². The molecule has 116 valence electrons. The molecule has 0 saturated carbocycles. The lowest BCUT2D eigenvalue weighted by atomic mass is 10.1. The largest absolute Gasteiger partial charge is 0.466 e. The Balaban J connectivity index is 1.92. The van der Waals surface area contributed by atoms with E-state index in [1.807, 2.05) is 6.92 Å². The highest BCUT2D eigenvalue weighted by atomic mass is 16.5. The lowest BCUT2D eigenvalue weighted by Crippen LogP contribution is -2.04. The maximum atomic E-state index is 11.3. The van der Waals surface area contributed by atoms with Gasteiger partial charge in [-0.05, 0) is 50.5 Å². The molecule has 0 radical (unpaired) electrons. The van der Waals surface area contributed by atoms with Crippen molar-refractivity contribution in [3.63, 3.8) is 0 Å². The van der Waals surface area contributed by atoms with E-state index in [0.29, 0.717) is 13.0 Å². The molecule has 0 spiro atoms. The first-order valence-corrected chi connectivity index (χ1v) is 8.17. The Bertz CT molecular complexity index is 395. The maximum absolute atomic E-state index is 11.3. The molecule has 2 nitrogen and oxygen atoms in total. The number of carbonyl (C=O) groups is 1. The van der Waals surface area contributed by atoms with Gasteiger partial charge in [-0.1, -0.05) is 49.4 Å². The van der Waals surface area contributed by atoms with Gasteiger partial charge >= 0.3 is 5.97 Å². The molecule has 1 rings (SSSR count). The van der Waals surface area contributed by atoms with E-state index in [1.54, 1.807) is 0 Å². The number of aryl methyl sites for hydroxylation is 1. The van der Waals surface area contributed by atoms with Crippen LogP contribution in [0.15, 0.2) is 42.5 Å². The second kappa shape index (κ2) is 12.2. The average molecular weight is 288 g/mol. The molecule has 21 heavy (non-hydrogen) atoms. The Kier molecular flexibility index (Phi) is 10.1. The number of allylic oxidation sites excluding steroid dienone is 2. The number of benzene rings is 1. The Labute approximate surface area is 129 Å². The van der Waals surface area contributed by atoms with Gasteiger partial charge in [-0.15, -0.1) is 0 Å². The van der Waals surface area contributed by atoms with Crippen molar-refractivity contribution >= 4 is 5.97 Å². The van der Waals surface area contributed by atoms with Crippen molar-refractivity contribution in [2.75, 3.05) is 6.61 Å². The van der Waals surface area contributed by atoms with Gasteiger partial charge in [0.1, 0.15) is 0 Å². The Morgan fingerprint density at radius 2 is 1.76 bits per heavy atom. The molecule has 0 fully saturated rings. The summed E-state index contributed by atoms with van der Waals surface area (Å²) in [6.07, 6.45) is 12.5. The summed E-state index contributed by atoms with van der Waals surface area (Å²) < 4.78 is 5.04. The number of hydrogen-bond acceptors (Lipinski definition) is 2. The van der Waals surface area contributed by atoms with Gasteiger partial charge in [0.2, 0.25) is 0 Å². The minimum absolute atomic E-state index is 0.0521. The molecule has 0 saturated heterocycles. The topological polar surface area (TPSA) is 26.3 Å². The third-order valence-electron chi connectivity index (χ3n) is 3.31. The highest BCUT2D eigenvalue weighted by molar-refractivity contribution is 5.69. The zero-order chi connectivity index (χ0) is 15.2. The first-order valence-electron chi connectivity index (χ1n) is 8.17. The van der Waals surface area contributed by atoms with Crippen LogP contribution in [0.2, 0.25) is 0 Å². The fourth-order valence-corrected chi connectivity index (χ4v) is 2.12. The number of rotatable bonds is 11. The van der Waals surface area contributed by atoms with E-state index in [1.165, 1.54) is 12.0 Å². The Morgan fingerprint density at radius 3 is 2.48 bits per heavy atom. The zero-order valence-electron chi connectivity index (χ0n) is 13.2. The van der Waals surface area contributed by atoms with E-state index >= 15 is 0 Å².